The van der Waals surface area contributed by atoms with Gasteiger partial charge in [-0.1, -0.05) is 0 Å². The molecule has 1 saturated heterocycles. The maximum atomic E-state index is 12.5. The van der Waals surface area contributed by atoms with Crippen molar-refractivity contribution < 1.29 is 8.42 Å². The van der Waals surface area contributed by atoms with Crippen LogP contribution in [0, 0.1) is 0 Å². The molecule has 19 heavy (non-hydrogen) atoms. The summed E-state index contributed by atoms with van der Waals surface area (Å²) in [4.78, 5) is 2.27. The maximum Gasteiger partial charge on any atom is 0.260 e. The van der Waals surface area contributed by atoms with Crippen molar-refractivity contribution in [1.82, 2.24) is 19.4 Å². The Morgan fingerprint density at radius 1 is 1.37 bits per heavy atom. The van der Waals surface area contributed by atoms with Crippen molar-refractivity contribution in [2.75, 3.05) is 26.2 Å². The quantitative estimate of drug-likeness (QED) is 0.784. The minimum atomic E-state index is -3.50. The molecule has 1 aromatic heterocycles. The van der Waals surface area contributed by atoms with Gasteiger partial charge in [-0.2, -0.15) is 9.40 Å². The van der Waals surface area contributed by atoms with Gasteiger partial charge in [0.1, 0.15) is 0 Å². The summed E-state index contributed by atoms with van der Waals surface area (Å²) in [6.07, 6.45) is 1.47. The summed E-state index contributed by atoms with van der Waals surface area (Å²) in [7, 11) is -3.50. The van der Waals surface area contributed by atoms with Crippen molar-refractivity contribution in [2.24, 2.45) is 5.73 Å². The van der Waals surface area contributed by atoms with Crippen LogP contribution in [0.3, 0.4) is 0 Å². The largest absolute Gasteiger partial charge is 0.326 e. The maximum absolute atomic E-state index is 12.5. The SMILES string of the molecule is CC(C)N1CCN(S(=O)(=O)c2[nH]ncc2CN)CC1. The van der Waals surface area contributed by atoms with E-state index in [0.29, 0.717) is 24.7 Å². The molecule has 0 unspecified atom stereocenters. The number of hydrogen-bond acceptors (Lipinski definition) is 5. The van der Waals surface area contributed by atoms with Crippen LogP contribution in [0.2, 0.25) is 0 Å². The molecule has 0 spiro atoms. The highest BCUT2D eigenvalue weighted by Gasteiger charge is 2.31. The number of H-pyrrole nitrogens is 1. The molecule has 0 aliphatic carbocycles. The minimum Gasteiger partial charge on any atom is -0.326 e. The van der Waals surface area contributed by atoms with Crippen LogP contribution < -0.4 is 5.73 Å². The molecule has 2 heterocycles. The topological polar surface area (TPSA) is 95.3 Å². The Labute approximate surface area is 113 Å². The van der Waals surface area contributed by atoms with E-state index < -0.39 is 10.0 Å². The number of hydrogen-bond donors (Lipinski definition) is 2. The summed E-state index contributed by atoms with van der Waals surface area (Å²) in [5.74, 6) is 0. The van der Waals surface area contributed by atoms with Crippen LogP contribution in [0.1, 0.15) is 19.4 Å². The Hall–Kier alpha value is -0.960. The van der Waals surface area contributed by atoms with Gasteiger partial charge in [0.25, 0.3) is 10.0 Å². The second-order valence-corrected chi connectivity index (χ2v) is 6.84. The van der Waals surface area contributed by atoms with Crippen molar-refractivity contribution in [2.45, 2.75) is 31.5 Å². The standard InChI is InChI=1S/C11H21N5O2S/c1-9(2)15-3-5-16(6-4-15)19(17,18)11-10(7-12)8-13-14-11/h8-9H,3-7,12H2,1-2H3,(H,13,14). The highest BCUT2D eigenvalue weighted by atomic mass is 32.2. The van der Waals surface area contributed by atoms with Crippen molar-refractivity contribution in [3.05, 3.63) is 11.8 Å². The van der Waals surface area contributed by atoms with Gasteiger partial charge in [-0.05, 0) is 13.8 Å². The second kappa shape index (κ2) is 5.58. The van der Waals surface area contributed by atoms with Gasteiger partial charge in [0.05, 0.1) is 6.20 Å². The van der Waals surface area contributed by atoms with Crippen LogP contribution in [0.15, 0.2) is 11.2 Å². The molecule has 8 heteroatoms. The van der Waals surface area contributed by atoms with Gasteiger partial charge in [0.2, 0.25) is 0 Å². The first-order valence-electron chi connectivity index (χ1n) is 6.43. The van der Waals surface area contributed by atoms with Gasteiger partial charge in [0, 0.05) is 44.3 Å². The first-order chi connectivity index (χ1) is 8.96. The van der Waals surface area contributed by atoms with E-state index in [1.54, 1.807) is 0 Å². The highest BCUT2D eigenvalue weighted by molar-refractivity contribution is 7.89. The molecule has 0 bridgehead atoms. The molecule has 1 aliphatic rings. The van der Waals surface area contributed by atoms with Gasteiger partial charge in [-0.3, -0.25) is 10.00 Å². The third kappa shape index (κ3) is 2.81. The van der Waals surface area contributed by atoms with Gasteiger partial charge in [0.15, 0.2) is 5.03 Å². The molecule has 1 aliphatic heterocycles. The normalized spacial score (nSPS) is 19.2. The van der Waals surface area contributed by atoms with Crippen LogP contribution in [-0.4, -0.2) is 60.0 Å². The third-order valence-electron chi connectivity index (χ3n) is 3.50. The molecule has 0 amide bonds. The Morgan fingerprint density at radius 2 is 2.00 bits per heavy atom. The lowest BCUT2D eigenvalue weighted by atomic mass is 10.3. The van der Waals surface area contributed by atoms with Crippen LogP contribution >= 0.6 is 0 Å². The molecule has 1 aromatic rings. The third-order valence-corrected chi connectivity index (χ3v) is 5.41. The summed E-state index contributed by atoms with van der Waals surface area (Å²) >= 11 is 0. The monoisotopic (exact) mass is 287 g/mol. The molecule has 2 rings (SSSR count). The van der Waals surface area contributed by atoms with Crippen LogP contribution in [-0.2, 0) is 16.6 Å². The molecule has 3 N–H and O–H groups in total. The predicted molar refractivity (Wildman–Crippen MR) is 71.9 cm³/mol. The number of piperazine rings is 1. The van der Waals surface area contributed by atoms with Crippen molar-refractivity contribution in [3.8, 4) is 0 Å². The first kappa shape index (κ1) is 14.4. The van der Waals surface area contributed by atoms with E-state index in [9.17, 15) is 8.42 Å². The average molecular weight is 287 g/mol. The summed E-state index contributed by atoms with van der Waals surface area (Å²) in [6.45, 7) is 6.91. The molecular formula is C11H21N5O2S. The van der Waals surface area contributed by atoms with Gasteiger partial charge in [-0.15, -0.1) is 0 Å². The predicted octanol–water partition coefficient (Wildman–Crippen LogP) is -0.417. The van der Waals surface area contributed by atoms with E-state index in [-0.39, 0.29) is 11.6 Å². The van der Waals surface area contributed by atoms with Crippen molar-refractivity contribution in [3.63, 3.8) is 0 Å². The number of rotatable bonds is 4. The fourth-order valence-corrected chi connectivity index (χ4v) is 3.80. The molecule has 7 nitrogen and oxygen atoms in total. The summed E-state index contributed by atoms with van der Waals surface area (Å²) in [5.41, 5.74) is 6.07. The van der Waals surface area contributed by atoms with Gasteiger partial charge < -0.3 is 5.73 Å². The Bertz CT molecular complexity index is 517. The number of aromatic amines is 1. The summed E-state index contributed by atoms with van der Waals surface area (Å²) in [6, 6.07) is 0.441. The number of nitrogens with two attached hydrogens (primary N) is 1. The molecule has 1 fully saturated rings. The Balaban J connectivity index is 2.14. The van der Waals surface area contributed by atoms with Gasteiger partial charge >= 0.3 is 0 Å². The van der Waals surface area contributed by atoms with Crippen LogP contribution in [0.4, 0.5) is 0 Å². The first-order valence-corrected chi connectivity index (χ1v) is 7.87. The lowest BCUT2D eigenvalue weighted by Crippen LogP contribution is -2.50. The lowest BCUT2D eigenvalue weighted by Gasteiger charge is -2.36. The van der Waals surface area contributed by atoms with E-state index >= 15 is 0 Å². The number of nitrogens with one attached hydrogen (secondary N) is 1. The number of sulfonamides is 1. The fraction of sp³-hybridized carbons (Fsp3) is 0.727. The van der Waals surface area contributed by atoms with Crippen molar-refractivity contribution >= 4 is 10.0 Å². The lowest BCUT2D eigenvalue weighted by molar-refractivity contribution is 0.154. The van der Waals surface area contributed by atoms with E-state index in [1.807, 2.05) is 0 Å². The van der Waals surface area contributed by atoms with Crippen molar-refractivity contribution in [1.29, 1.82) is 0 Å². The minimum absolute atomic E-state index is 0.132. The van der Waals surface area contributed by atoms with E-state index in [4.69, 9.17) is 5.73 Å². The van der Waals surface area contributed by atoms with E-state index in [2.05, 4.69) is 28.9 Å². The zero-order valence-corrected chi connectivity index (χ0v) is 12.2. The fourth-order valence-electron chi connectivity index (χ4n) is 2.26. The molecule has 0 atom stereocenters. The summed E-state index contributed by atoms with van der Waals surface area (Å²) in [5, 5.41) is 6.46. The molecule has 0 saturated carbocycles. The smallest absolute Gasteiger partial charge is 0.260 e. The summed E-state index contributed by atoms with van der Waals surface area (Å²) < 4.78 is 26.5. The Kier molecular flexibility index (Phi) is 4.24. The second-order valence-electron chi connectivity index (χ2n) is 4.96. The number of nitrogens with zero attached hydrogens (tertiary/aromatic N) is 3. The van der Waals surface area contributed by atoms with Gasteiger partial charge in [-0.25, -0.2) is 8.42 Å². The van der Waals surface area contributed by atoms with Crippen LogP contribution in [0.5, 0.6) is 0 Å². The highest BCUT2D eigenvalue weighted by Crippen LogP contribution is 2.19. The molecule has 0 radical (unpaired) electrons. The zero-order valence-electron chi connectivity index (χ0n) is 11.3. The number of aromatic nitrogens is 2. The molecule has 108 valence electrons. The molecular weight excluding hydrogens is 266 g/mol. The average Bonchev–Trinajstić information content (AvgIpc) is 2.87. The van der Waals surface area contributed by atoms with Crippen LogP contribution in [0.25, 0.3) is 0 Å². The van der Waals surface area contributed by atoms with E-state index in [0.717, 1.165) is 13.1 Å². The molecule has 0 aromatic carbocycles. The zero-order chi connectivity index (χ0) is 14.0. The Morgan fingerprint density at radius 3 is 2.53 bits per heavy atom. The van der Waals surface area contributed by atoms with E-state index in [1.165, 1.54) is 10.5 Å².